The Morgan fingerprint density at radius 3 is 1.71 bits per heavy atom. The molecule has 0 unspecified atom stereocenters. The number of hydrogen-bond acceptors (Lipinski definition) is 2. The standard InChI is InChI=1S/CH2O3.2Na.Sn.3H/c2-1(3)4;;;;;;/h(H2,2,3,4);;;;;;/q;;;+1;;;/p-1. The second kappa shape index (κ2) is 10.9. The Morgan fingerprint density at radius 2 is 1.71 bits per heavy atom. The van der Waals surface area contributed by atoms with E-state index in [9.17, 15) is 4.79 Å². The minimum absolute atomic E-state index is 0. The van der Waals surface area contributed by atoms with Crippen LogP contribution in [0.2, 0.25) is 0 Å². The third-order valence-corrected chi connectivity index (χ3v) is 0.676. The molecule has 0 aromatic carbocycles. The van der Waals surface area contributed by atoms with Gasteiger partial charge in [0.05, 0.1) is 0 Å². The van der Waals surface area contributed by atoms with Crippen LogP contribution in [0.3, 0.4) is 0 Å². The third-order valence-electron chi connectivity index (χ3n) is 0.101. The molecule has 3 nitrogen and oxygen atoms in total. The van der Waals surface area contributed by atoms with E-state index in [0.29, 0.717) is 22.9 Å². The fourth-order valence-electron chi connectivity index (χ4n) is 0. The van der Waals surface area contributed by atoms with Gasteiger partial charge in [-0.15, -0.1) is 0 Å². The zero-order valence-electron chi connectivity index (χ0n) is 2.34. The van der Waals surface area contributed by atoms with Crippen LogP contribution in [-0.4, -0.2) is 93.3 Å². The van der Waals surface area contributed by atoms with Gasteiger partial charge in [-0.25, -0.2) is 0 Å². The monoisotopic (exact) mass is 230 g/mol. The molecule has 0 fully saturated rings. The summed E-state index contributed by atoms with van der Waals surface area (Å²) in [5, 5.41) is 7.53. The van der Waals surface area contributed by atoms with E-state index >= 15 is 0 Å². The van der Waals surface area contributed by atoms with Crippen LogP contribution in [-0.2, 0) is 3.07 Å². The number of carbonyl (C=O) groups is 1. The van der Waals surface area contributed by atoms with Crippen molar-refractivity contribution in [3.8, 4) is 0 Å². The molecule has 6 heteroatoms. The molecule has 7 heavy (non-hydrogen) atoms. The van der Waals surface area contributed by atoms with Crippen molar-refractivity contribution in [2.75, 3.05) is 0 Å². The summed E-state index contributed by atoms with van der Waals surface area (Å²) in [4.78, 5) is 9.18. The Bertz CT molecular complexity index is 48.2. The van der Waals surface area contributed by atoms with Gasteiger partial charge in [0.25, 0.3) is 0 Å². The number of hydrogen-bond donors (Lipinski definition) is 1. The third kappa shape index (κ3) is 18.0. The molecule has 2 radical (unpaired) electrons. The second-order valence-electron chi connectivity index (χ2n) is 0.384. The fraction of sp³-hybridized carbons (Fsp3) is 0. The normalized spacial score (nSPS) is 4.71. The van der Waals surface area contributed by atoms with E-state index in [2.05, 4.69) is 3.07 Å². The van der Waals surface area contributed by atoms with Crippen molar-refractivity contribution in [2.24, 2.45) is 0 Å². The van der Waals surface area contributed by atoms with Crippen LogP contribution in [0.4, 0.5) is 4.79 Å². The Morgan fingerprint density at radius 1 is 1.57 bits per heavy atom. The predicted molar refractivity (Wildman–Crippen MR) is 30.6 cm³/mol. The van der Waals surface area contributed by atoms with Crippen molar-refractivity contribution in [2.45, 2.75) is 0 Å². The van der Waals surface area contributed by atoms with Gasteiger partial charge in [0.2, 0.25) is 0 Å². The van der Waals surface area contributed by atoms with E-state index in [0.717, 1.165) is 0 Å². The summed E-state index contributed by atoms with van der Waals surface area (Å²) >= 11 is 0.327. The minimum atomic E-state index is -1.19. The van der Waals surface area contributed by atoms with E-state index in [1.165, 1.54) is 0 Å². The fourth-order valence-corrected chi connectivity index (χ4v) is 0. The van der Waals surface area contributed by atoms with Crippen molar-refractivity contribution >= 4 is 88.2 Å². The Labute approximate surface area is 99.4 Å². The van der Waals surface area contributed by atoms with Gasteiger partial charge in [0, 0.05) is 0 Å². The van der Waals surface area contributed by atoms with E-state index in [4.69, 9.17) is 5.11 Å². The van der Waals surface area contributed by atoms with Crippen molar-refractivity contribution in [3.05, 3.63) is 0 Å². The Kier molecular flexibility index (Phi) is 25.1. The van der Waals surface area contributed by atoms with Crippen LogP contribution >= 0.6 is 0 Å². The summed E-state index contributed by atoms with van der Waals surface area (Å²) in [6.07, 6.45) is -1.19. The van der Waals surface area contributed by atoms with Crippen LogP contribution < -0.4 is 0 Å². The average Bonchev–Trinajstić information content (AvgIpc) is 1.38. The van der Waals surface area contributed by atoms with E-state index in [1.54, 1.807) is 0 Å². The van der Waals surface area contributed by atoms with Gasteiger partial charge in [0.15, 0.2) is 0 Å². The van der Waals surface area contributed by atoms with Crippen molar-refractivity contribution in [1.29, 1.82) is 0 Å². The summed E-state index contributed by atoms with van der Waals surface area (Å²) in [7, 11) is 0. The van der Waals surface area contributed by atoms with Crippen molar-refractivity contribution < 1.29 is 13.0 Å². The summed E-state index contributed by atoms with van der Waals surface area (Å²) < 4.78 is 3.80. The molecule has 0 aliphatic heterocycles. The molecule has 0 saturated carbocycles. The molecular formula is CH4Na2O3Sn. The van der Waals surface area contributed by atoms with Crippen LogP contribution in [0.15, 0.2) is 0 Å². The van der Waals surface area contributed by atoms with Crippen molar-refractivity contribution in [1.82, 2.24) is 0 Å². The summed E-state index contributed by atoms with van der Waals surface area (Å²) in [6.45, 7) is 0. The van der Waals surface area contributed by atoms with Gasteiger partial charge in [-0.3, -0.25) is 0 Å². The van der Waals surface area contributed by atoms with Crippen LogP contribution in [0.1, 0.15) is 0 Å². The molecule has 0 bridgehead atoms. The van der Waals surface area contributed by atoms with Gasteiger partial charge in [-0.05, 0) is 0 Å². The predicted octanol–water partition coefficient (Wildman–Crippen LogP) is -1.80. The van der Waals surface area contributed by atoms with Crippen LogP contribution in [0, 0.1) is 0 Å². The van der Waals surface area contributed by atoms with Gasteiger partial charge >= 0.3 is 101 Å². The molecule has 0 spiro atoms. The molecule has 0 atom stereocenters. The van der Waals surface area contributed by atoms with E-state index in [1.807, 2.05) is 0 Å². The van der Waals surface area contributed by atoms with Crippen molar-refractivity contribution in [3.63, 3.8) is 0 Å². The van der Waals surface area contributed by atoms with Gasteiger partial charge in [0.1, 0.15) is 0 Å². The quantitative estimate of drug-likeness (QED) is 0.498. The second-order valence-corrected chi connectivity index (χ2v) is 1.06. The maximum absolute atomic E-state index is 9.18. The molecule has 0 aliphatic carbocycles. The zero-order valence-corrected chi connectivity index (χ0v) is 5.64. The molecule has 0 rings (SSSR count). The molecule has 1 N–H and O–H groups in total. The molecule has 0 aromatic rings. The molecule has 0 heterocycles. The van der Waals surface area contributed by atoms with E-state index in [-0.39, 0.29) is 59.1 Å². The summed E-state index contributed by atoms with van der Waals surface area (Å²) in [5.41, 5.74) is 0. The zero-order chi connectivity index (χ0) is 4.28. The van der Waals surface area contributed by atoms with Gasteiger partial charge in [-0.2, -0.15) is 0 Å². The van der Waals surface area contributed by atoms with Gasteiger partial charge < -0.3 is 0 Å². The number of rotatable bonds is 0. The summed E-state index contributed by atoms with van der Waals surface area (Å²) in [5.74, 6) is 0. The first-order valence-electron chi connectivity index (χ1n) is 0.868. The molecule has 0 aliphatic rings. The first-order valence-corrected chi connectivity index (χ1v) is 2.21. The Balaban J connectivity index is -0.0000000800. The Hall–Kier alpha value is 2.07. The summed E-state index contributed by atoms with van der Waals surface area (Å²) in [6, 6.07) is 0. The molecule has 0 saturated heterocycles. The molecule has 32 valence electrons. The van der Waals surface area contributed by atoms with Crippen LogP contribution in [0.25, 0.3) is 0 Å². The molecular weight excluding hydrogens is 225 g/mol. The maximum atomic E-state index is 9.18. The first kappa shape index (κ1) is 16.0. The number of carboxylic acid groups (broad SMARTS) is 1. The SMILES string of the molecule is O=C(O)[O][SnH].[NaH].[NaH]. The average molecular weight is 229 g/mol. The van der Waals surface area contributed by atoms with Gasteiger partial charge in [-0.1, -0.05) is 0 Å². The molecule has 0 aromatic heterocycles. The molecule has 0 amide bonds. The van der Waals surface area contributed by atoms with Crippen LogP contribution in [0.5, 0.6) is 0 Å². The van der Waals surface area contributed by atoms with E-state index < -0.39 is 6.16 Å². The topological polar surface area (TPSA) is 46.5 Å². The first-order chi connectivity index (χ1) is 2.27.